The van der Waals surface area contributed by atoms with Crippen LogP contribution in [0.1, 0.15) is 53.6 Å². The van der Waals surface area contributed by atoms with Crippen LogP contribution in [0.3, 0.4) is 0 Å². The zero-order valence-electron chi connectivity index (χ0n) is 22.1. The van der Waals surface area contributed by atoms with Crippen molar-refractivity contribution in [1.29, 1.82) is 0 Å². The normalized spacial score (nSPS) is 16.2. The Morgan fingerprint density at radius 1 is 1.24 bits per heavy atom. The van der Waals surface area contributed by atoms with Gasteiger partial charge in [-0.05, 0) is 72.6 Å². The summed E-state index contributed by atoms with van der Waals surface area (Å²) in [5, 5.41) is 13.7. The molecule has 9 nitrogen and oxygen atoms in total. The van der Waals surface area contributed by atoms with Crippen LogP contribution in [0.5, 0.6) is 0 Å². The molecule has 1 aromatic heterocycles. The van der Waals surface area contributed by atoms with Crippen LogP contribution < -0.4 is 11.1 Å². The summed E-state index contributed by atoms with van der Waals surface area (Å²) in [6.45, 7) is 4.22. The van der Waals surface area contributed by atoms with Gasteiger partial charge in [-0.3, -0.25) is 4.79 Å². The van der Waals surface area contributed by atoms with Gasteiger partial charge in [-0.15, -0.1) is 0 Å². The van der Waals surface area contributed by atoms with Crippen LogP contribution in [0, 0.1) is 0 Å². The molecule has 0 radical (unpaired) electrons. The number of H-pyrrole nitrogens is 1. The number of benzene rings is 2. The molecule has 1 aliphatic rings. The maximum atomic E-state index is 12.7. The minimum atomic E-state index is -3.30. The Labute approximate surface area is 224 Å². The maximum absolute atomic E-state index is 12.7. The predicted octanol–water partition coefficient (Wildman–Crippen LogP) is 2.95. The molecule has 4 rings (SSSR count). The van der Waals surface area contributed by atoms with E-state index in [-0.39, 0.29) is 11.7 Å². The number of ether oxygens (including phenoxy) is 1. The summed E-state index contributed by atoms with van der Waals surface area (Å²) in [5.41, 5.74) is 10.9. The molecule has 1 aliphatic heterocycles. The van der Waals surface area contributed by atoms with Crippen LogP contribution in [0.15, 0.2) is 42.6 Å². The monoisotopic (exact) mass is 542 g/mol. The van der Waals surface area contributed by atoms with Crippen molar-refractivity contribution in [3.8, 4) is 11.1 Å². The number of piperidine rings is 1. The lowest BCUT2D eigenvalue weighted by Crippen LogP contribution is -2.39. The van der Waals surface area contributed by atoms with Crippen molar-refractivity contribution in [3.05, 3.63) is 59.3 Å². The first-order valence-corrected chi connectivity index (χ1v) is 14.7. The van der Waals surface area contributed by atoms with Crippen molar-refractivity contribution in [1.82, 2.24) is 14.6 Å². The van der Waals surface area contributed by atoms with Crippen LogP contribution in [-0.2, 0) is 21.3 Å². The fourth-order valence-corrected chi connectivity index (χ4v) is 6.71. The minimum Gasteiger partial charge on any atom is -0.392 e. The number of methoxy groups -OCH3 is 1. The van der Waals surface area contributed by atoms with Crippen molar-refractivity contribution >= 4 is 26.8 Å². The van der Waals surface area contributed by atoms with E-state index < -0.39 is 22.0 Å². The van der Waals surface area contributed by atoms with Crippen molar-refractivity contribution in [2.45, 2.75) is 44.8 Å². The van der Waals surface area contributed by atoms with E-state index >= 15 is 0 Å². The van der Waals surface area contributed by atoms with Gasteiger partial charge in [-0.1, -0.05) is 18.2 Å². The number of primary amides is 1. The molecule has 206 valence electrons. The second-order valence-corrected chi connectivity index (χ2v) is 12.2. The molecule has 0 bridgehead atoms. The molecule has 0 aliphatic carbocycles. The Morgan fingerprint density at radius 2 is 2.00 bits per heavy atom. The molecule has 0 unspecified atom stereocenters. The number of nitrogens with one attached hydrogen (secondary N) is 2. The lowest BCUT2D eigenvalue weighted by molar-refractivity contribution is 0.100. The molecule has 10 heteroatoms. The van der Waals surface area contributed by atoms with E-state index in [0.29, 0.717) is 63.1 Å². The van der Waals surface area contributed by atoms with Gasteiger partial charge in [0.15, 0.2) is 0 Å². The number of carbonyl (C=O) groups is 1. The highest BCUT2D eigenvalue weighted by molar-refractivity contribution is 7.89. The molecule has 2 heterocycles. The molecule has 3 aromatic rings. The molecular formula is C28H38N4O5S. The van der Waals surface area contributed by atoms with Gasteiger partial charge in [0.2, 0.25) is 10.0 Å². The van der Waals surface area contributed by atoms with Gasteiger partial charge in [-0.25, -0.2) is 12.7 Å². The lowest BCUT2D eigenvalue weighted by Gasteiger charge is -2.31. The highest BCUT2D eigenvalue weighted by atomic mass is 32.2. The number of fused-ring (bicyclic) bond motifs is 1. The summed E-state index contributed by atoms with van der Waals surface area (Å²) in [7, 11) is -1.73. The average Bonchev–Trinajstić information content (AvgIpc) is 3.32. The zero-order valence-corrected chi connectivity index (χ0v) is 22.9. The first-order valence-electron chi connectivity index (χ1n) is 13.1. The number of amides is 1. The van der Waals surface area contributed by atoms with Crippen LogP contribution >= 0.6 is 0 Å². The number of carbonyl (C=O) groups excluding carboxylic acids is 1. The van der Waals surface area contributed by atoms with Crippen molar-refractivity contribution in [2.24, 2.45) is 5.73 Å². The maximum Gasteiger partial charge on any atom is 0.250 e. The summed E-state index contributed by atoms with van der Waals surface area (Å²) in [4.78, 5) is 15.7. The summed E-state index contributed by atoms with van der Waals surface area (Å²) in [6, 6.07) is 12.0. The Bertz CT molecular complexity index is 1360. The molecule has 2 aromatic carbocycles. The van der Waals surface area contributed by atoms with Crippen LogP contribution in [0.4, 0.5) is 0 Å². The number of sulfonamides is 1. The number of nitrogens with zero attached hydrogens (tertiary/aromatic N) is 1. The number of hydrogen-bond acceptors (Lipinski definition) is 6. The van der Waals surface area contributed by atoms with E-state index in [2.05, 4.69) is 22.4 Å². The Morgan fingerprint density at radius 3 is 2.68 bits per heavy atom. The third-order valence-electron chi connectivity index (χ3n) is 7.15. The van der Waals surface area contributed by atoms with Crippen LogP contribution in [0.25, 0.3) is 22.0 Å². The fraction of sp³-hybridized carbons (Fsp3) is 0.464. The van der Waals surface area contributed by atoms with E-state index in [1.54, 1.807) is 18.3 Å². The topological polar surface area (TPSA) is 138 Å². The van der Waals surface area contributed by atoms with Gasteiger partial charge < -0.3 is 25.9 Å². The second-order valence-electron chi connectivity index (χ2n) is 10.1. The van der Waals surface area contributed by atoms with E-state index in [1.807, 2.05) is 30.5 Å². The highest BCUT2D eigenvalue weighted by Gasteiger charge is 2.30. The van der Waals surface area contributed by atoms with Crippen molar-refractivity contribution in [2.75, 3.05) is 39.1 Å². The molecule has 38 heavy (non-hydrogen) atoms. The van der Waals surface area contributed by atoms with Gasteiger partial charge in [0.25, 0.3) is 5.91 Å². The number of hydrogen-bond donors (Lipinski definition) is 4. The molecule has 1 atom stereocenters. The quantitative estimate of drug-likeness (QED) is 0.260. The fourth-order valence-electron chi connectivity index (χ4n) is 5.20. The number of aromatic nitrogens is 1. The number of rotatable bonds is 12. The van der Waals surface area contributed by atoms with E-state index in [4.69, 9.17) is 10.5 Å². The number of aliphatic hydroxyl groups excluding tert-OH is 1. The summed E-state index contributed by atoms with van der Waals surface area (Å²) in [5.74, 6) is -0.240. The first-order chi connectivity index (χ1) is 18.2. The van der Waals surface area contributed by atoms with E-state index in [1.165, 1.54) is 0 Å². The van der Waals surface area contributed by atoms with Gasteiger partial charge in [0, 0.05) is 51.5 Å². The SMILES string of the molecule is COCCCS(=O)(=O)N1CCC(c2c[nH]c3c(C(N)=O)cc(-c4cccc(CNC[C@H](C)O)c4)cc23)CC1. The molecule has 5 N–H and O–H groups in total. The van der Waals surface area contributed by atoms with Crippen molar-refractivity contribution < 1.29 is 23.1 Å². The smallest absolute Gasteiger partial charge is 0.250 e. The van der Waals surface area contributed by atoms with Gasteiger partial charge >= 0.3 is 0 Å². The second kappa shape index (κ2) is 12.4. The van der Waals surface area contributed by atoms with Gasteiger partial charge in [0.1, 0.15) is 0 Å². The largest absolute Gasteiger partial charge is 0.392 e. The summed E-state index contributed by atoms with van der Waals surface area (Å²) >= 11 is 0. The minimum absolute atomic E-state index is 0.0948. The third kappa shape index (κ3) is 6.62. The number of aromatic amines is 1. The van der Waals surface area contributed by atoms with Crippen LogP contribution in [-0.4, -0.2) is 73.9 Å². The summed E-state index contributed by atoms with van der Waals surface area (Å²) in [6.07, 6.45) is 3.41. The molecule has 0 saturated carbocycles. The lowest BCUT2D eigenvalue weighted by atomic mass is 9.88. The standard InChI is InChI=1S/C28H38N4O5S/c1-19(33)16-30-17-20-5-3-6-22(13-20)23-14-24-26(18-31-27(24)25(15-23)28(29)34)21-7-9-32(10-8-21)38(35,36)12-4-11-37-2/h3,5-6,13-15,18-19,21,30-31,33H,4,7-12,16-17H2,1-2H3,(H2,29,34)/t19-/m0/s1. The summed E-state index contributed by atoms with van der Waals surface area (Å²) < 4.78 is 32.0. The number of aliphatic hydroxyl groups is 1. The molecular weight excluding hydrogens is 504 g/mol. The zero-order chi connectivity index (χ0) is 27.3. The third-order valence-corrected chi connectivity index (χ3v) is 9.11. The number of nitrogens with two attached hydrogens (primary N) is 1. The van der Waals surface area contributed by atoms with E-state index in [0.717, 1.165) is 27.6 Å². The van der Waals surface area contributed by atoms with Gasteiger partial charge in [0.05, 0.1) is 22.9 Å². The predicted molar refractivity (Wildman–Crippen MR) is 149 cm³/mol. The Hall–Kier alpha value is -2.76. The molecule has 1 amide bonds. The molecule has 1 fully saturated rings. The van der Waals surface area contributed by atoms with Crippen molar-refractivity contribution in [3.63, 3.8) is 0 Å². The molecule has 1 saturated heterocycles. The van der Waals surface area contributed by atoms with Gasteiger partial charge in [-0.2, -0.15) is 0 Å². The highest BCUT2D eigenvalue weighted by Crippen LogP contribution is 2.37. The Kier molecular flexibility index (Phi) is 9.22. The Balaban J connectivity index is 1.59. The average molecular weight is 543 g/mol. The molecule has 0 spiro atoms. The van der Waals surface area contributed by atoms with Crippen LogP contribution in [0.2, 0.25) is 0 Å². The first kappa shape index (κ1) is 28.3. The van der Waals surface area contributed by atoms with E-state index in [9.17, 15) is 18.3 Å².